The second-order valence-corrected chi connectivity index (χ2v) is 6.99. The number of nitrogens with one attached hydrogen (secondary N) is 1. The van der Waals surface area contributed by atoms with Crippen molar-refractivity contribution in [2.45, 2.75) is 32.4 Å². The molecule has 9 heteroatoms. The van der Waals surface area contributed by atoms with Gasteiger partial charge in [0.15, 0.2) is 0 Å². The maximum atomic E-state index is 11.4. The van der Waals surface area contributed by atoms with E-state index in [2.05, 4.69) is 5.32 Å². The van der Waals surface area contributed by atoms with Crippen molar-refractivity contribution in [3.8, 4) is 0 Å². The molecule has 0 saturated carbocycles. The summed E-state index contributed by atoms with van der Waals surface area (Å²) < 4.78 is 4.94. The van der Waals surface area contributed by atoms with Crippen molar-refractivity contribution < 1.29 is 29.3 Å². The molecule has 0 aromatic carbocycles. The van der Waals surface area contributed by atoms with E-state index in [1.54, 1.807) is 20.8 Å². The zero-order valence-electron chi connectivity index (χ0n) is 10.8. The summed E-state index contributed by atoms with van der Waals surface area (Å²) >= 11 is 0. The van der Waals surface area contributed by atoms with Crippen molar-refractivity contribution in [3.05, 3.63) is 0 Å². The minimum Gasteiger partial charge on any atom is -0.481 e. The first-order chi connectivity index (χ1) is 8.61. The molecule has 0 aliphatic carbocycles. The molecular weight excluding hydrogens is 294 g/mol. The lowest BCUT2D eigenvalue weighted by Gasteiger charge is -2.21. The van der Waals surface area contributed by atoms with E-state index in [4.69, 9.17) is 14.9 Å². The van der Waals surface area contributed by atoms with E-state index >= 15 is 0 Å². The summed E-state index contributed by atoms with van der Waals surface area (Å²) in [5.74, 6) is -2.27. The summed E-state index contributed by atoms with van der Waals surface area (Å²) in [6.07, 6.45) is -0.816. The Morgan fingerprint density at radius 1 is 1.21 bits per heavy atom. The fourth-order valence-electron chi connectivity index (χ4n) is 0.833. The highest BCUT2D eigenvalue weighted by Gasteiger charge is 2.24. The number of carbonyl (C=O) groups is 3. The van der Waals surface area contributed by atoms with Gasteiger partial charge in [-0.25, -0.2) is 9.59 Å². The first-order valence-corrected chi connectivity index (χ1v) is 7.79. The summed E-state index contributed by atoms with van der Waals surface area (Å²) in [4.78, 5) is 32.6. The van der Waals surface area contributed by atoms with Crippen LogP contribution >= 0.6 is 21.6 Å². The minimum atomic E-state index is -1.20. The Morgan fingerprint density at radius 3 is 2.21 bits per heavy atom. The molecule has 7 nitrogen and oxygen atoms in total. The van der Waals surface area contributed by atoms with Crippen LogP contribution in [0, 0.1) is 0 Å². The maximum absolute atomic E-state index is 11.4. The standard InChI is InChI=1S/C10H17NO6S2/c1-10(2,3)17-9(16)11-6(8(14)15)4-18-19-5-7(12)13/h6H,4-5H2,1-3H3,(H,11,16)(H,12,13)(H,14,15)/t6-/m0/s1. The van der Waals surface area contributed by atoms with Crippen LogP contribution in [0.4, 0.5) is 4.79 Å². The highest BCUT2D eigenvalue weighted by Crippen LogP contribution is 2.21. The molecule has 0 fully saturated rings. The molecule has 0 aliphatic rings. The van der Waals surface area contributed by atoms with Crippen molar-refractivity contribution >= 4 is 39.6 Å². The topological polar surface area (TPSA) is 113 Å². The zero-order valence-corrected chi connectivity index (χ0v) is 12.5. The summed E-state index contributed by atoms with van der Waals surface area (Å²) in [5.41, 5.74) is -0.710. The molecular formula is C10H17NO6S2. The lowest BCUT2D eigenvalue weighted by molar-refractivity contribution is -0.139. The van der Waals surface area contributed by atoms with Crippen LogP contribution in [0.5, 0.6) is 0 Å². The number of alkyl carbamates (subject to hydrolysis) is 1. The van der Waals surface area contributed by atoms with Gasteiger partial charge in [0.2, 0.25) is 0 Å². The minimum absolute atomic E-state index is 0.0481. The van der Waals surface area contributed by atoms with Crippen molar-refractivity contribution in [2.75, 3.05) is 11.5 Å². The Hall–Kier alpha value is -1.09. The molecule has 3 N–H and O–H groups in total. The molecule has 0 unspecified atom stereocenters. The number of rotatable bonds is 7. The molecule has 0 rings (SSSR count). The van der Waals surface area contributed by atoms with Gasteiger partial charge in [-0.3, -0.25) is 4.79 Å². The fraction of sp³-hybridized carbons (Fsp3) is 0.700. The molecule has 0 spiro atoms. The van der Waals surface area contributed by atoms with Crippen molar-refractivity contribution in [2.24, 2.45) is 0 Å². The van der Waals surface area contributed by atoms with E-state index in [1.165, 1.54) is 0 Å². The van der Waals surface area contributed by atoms with Gasteiger partial charge < -0.3 is 20.3 Å². The summed E-state index contributed by atoms with van der Waals surface area (Å²) in [6.45, 7) is 5.00. The van der Waals surface area contributed by atoms with E-state index in [1.807, 2.05) is 0 Å². The van der Waals surface area contributed by atoms with E-state index in [-0.39, 0.29) is 11.5 Å². The Bertz CT molecular complexity index is 341. The Morgan fingerprint density at radius 2 is 1.79 bits per heavy atom. The zero-order chi connectivity index (χ0) is 15.1. The molecule has 1 amide bonds. The molecule has 0 bridgehead atoms. The molecule has 0 aromatic heterocycles. The summed E-state index contributed by atoms with van der Waals surface area (Å²) in [5, 5.41) is 19.6. The molecule has 0 aromatic rings. The van der Waals surface area contributed by atoms with Crippen molar-refractivity contribution in [3.63, 3.8) is 0 Å². The molecule has 19 heavy (non-hydrogen) atoms. The Balaban J connectivity index is 4.16. The predicted octanol–water partition coefficient (Wildman–Crippen LogP) is 1.43. The average Bonchev–Trinajstić information content (AvgIpc) is 2.19. The van der Waals surface area contributed by atoms with Gasteiger partial charge in [-0.2, -0.15) is 0 Å². The second-order valence-electron chi connectivity index (χ2n) is 4.48. The third kappa shape index (κ3) is 10.5. The summed E-state index contributed by atoms with van der Waals surface area (Å²) in [6, 6.07) is -1.12. The van der Waals surface area contributed by atoms with E-state index < -0.39 is 29.7 Å². The van der Waals surface area contributed by atoms with Crippen molar-refractivity contribution in [1.82, 2.24) is 5.32 Å². The molecule has 0 saturated heterocycles. The number of amides is 1. The lowest BCUT2D eigenvalue weighted by atomic mass is 10.2. The van der Waals surface area contributed by atoms with E-state index in [0.29, 0.717) is 0 Å². The number of hydrogen-bond donors (Lipinski definition) is 3. The number of hydrogen-bond acceptors (Lipinski definition) is 6. The first kappa shape index (κ1) is 17.9. The molecule has 0 heterocycles. The van der Waals surface area contributed by atoms with Gasteiger partial charge in [-0.15, -0.1) is 0 Å². The van der Waals surface area contributed by atoms with Gasteiger partial charge in [-0.1, -0.05) is 21.6 Å². The highest BCUT2D eigenvalue weighted by atomic mass is 33.1. The van der Waals surface area contributed by atoms with Crippen molar-refractivity contribution in [1.29, 1.82) is 0 Å². The number of carbonyl (C=O) groups excluding carboxylic acids is 1. The maximum Gasteiger partial charge on any atom is 0.408 e. The Labute approximate surface area is 118 Å². The molecule has 0 radical (unpaired) electrons. The van der Waals surface area contributed by atoms with Crippen LogP contribution in [-0.4, -0.2) is 51.4 Å². The predicted molar refractivity (Wildman–Crippen MR) is 73.3 cm³/mol. The van der Waals surface area contributed by atoms with Crippen LogP contribution in [0.3, 0.4) is 0 Å². The largest absolute Gasteiger partial charge is 0.481 e. The van der Waals surface area contributed by atoms with Gasteiger partial charge in [-0.05, 0) is 20.8 Å². The quantitative estimate of drug-likeness (QED) is 0.478. The number of aliphatic carboxylic acids is 2. The van der Waals surface area contributed by atoms with Gasteiger partial charge in [0.05, 0.1) is 0 Å². The van der Waals surface area contributed by atoms with Gasteiger partial charge in [0, 0.05) is 5.75 Å². The monoisotopic (exact) mass is 311 g/mol. The van der Waals surface area contributed by atoms with Crippen LogP contribution in [-0.2, 0) is 14.3 Å². The number of carboxylic acid groups (broad SMARTS) is 2. The van der Waals surface area contributed by atoms with E-state index in [0.717, 1.165) is 21.6 Å². The summed E-state index contributed by atoms with van der Waals surface area (Å²) in [7, 11) is 2.07. The molecule has 0 aliphatic heterocycles. The highest BCUT2D eigenvalue weighted by molar-refractivity contribution is 8.76. The molecule has 110 valence electrons. The number of ether oxygens (including phenoxy) is 1. The van der Waals surface area contributed by atoms with E-state index in [9.17, 15) is 14.4 Å². The van der Waals surface area contributed by atoms with Crippen LogP contribution in [0.25, 0.3) is 0 Å². The van der Waals surface area contributed by atoms with Crippen LogP contribution in [0.1, 0.15) is 20.8 Å². The third-order valence-corrected chi connectivity index (χ3v) is 3.75. The fourth-order valence-corrected chi connectivity index (χ4v) is 2.72. The van der Waals surface area contributed by atoms with Gasteiger partial charge >= 0.3 is 18.0 Å². The second kappa shape index (κ2) is 8.16. The number of carboxylic acids is 2. The third-order valence-electron chi connectivity index (χ3n) is 1.49. The average molecular weight is 311 g/mol. The van der Waals surface area contributed by atoms with Crippen LogP contribution < -0.4 is 5.32 Å². The lowest BCUT2D eigenvalue weighted by Crippen LogP contribution is -2.44. The Kier molecular flexibility index (Phi) is 7.69. The van der Waals surface area contributed by atoms with Gasteiger partial charge in [0.25, 0.3) is 0 Å². The van der Waals surface area contributed by atoms with Crippen LogP contribution in [0.2, 0.25) is 0 Å². The molecule has 1 atom stereocenters. The van der Waals surface area contributed by atoms with Gasteiger partial charge in [0.1, 0.15) is 17.4 Å². The smallest absolute Gasteiger partial charge is 0.408 e. The normalized spacial score (nSPS) is 12.6. The first-order valence-electron chi connectivity index (χ1n) is 5.30. The SMILES string of the molecule is CC(C)(C)OC(=O)N[C@@H](CSSCC(=O)O)C(=O)O. The van der Waals surface area contributed by atoms with Crippen LogP contribution in [0.15, 0.2) is 0 Å².